The van der Waals surface area contributed by atoms with E-state index in [4.69, 9.17) is 16.0 Å². The van der Waals surface area contributed by atoms with Crippen molar-refractivity contribution in [3.63, 3.8) is 0 Å². The molecule has 2 heterocycles. The number of halogens is 1. The highest BCUT2D eigenvalue weighted by Gasteiger charge is 2.40. The summed E-state index contributed by atoms with van der Waals surface area (Å²) >= 11 is 7.19. The lowest BCUT2D eigenvalue weighted by Gasteiger charge is -2.18. The Morgan fingerprint density at radius 2 is 1.88 bits per heavy atom. The predicted molar refractivity (Wildman–Crippen MR) is 124 cm³/mol. The predicted octanol–water partition coefficient (Wildman–Crippen LogP) is 4.68. The van der Waals surface area contributed by atoms with Gasteiger partial charge in [-0.1, -0.05) is 53.7 Å². The van der Waals surface area contributed by atoms with Crippen LogP contribution in [0.4, 0.5) is 5.69 Å². The van der Waals surface area contributed by atoms with Gasteiger partial charge in [-0.25, -0.2) is 0 Å². The topological polar surface area (TPSA) is 86.3 Å². The second kappa shape index (κ2) is 9.77. The summed E-state index contributed by atoms with van der Waals surface area (Å²) < 4.78 is 5.23. The molecule has 3 aromatic rings. The highest BCUT2D eigenvalue weighted by atomic mass is 35.5. The molecular formula is C24H18ClN3O3S. The highest BCUT2D eigenvalue weighted by Crippen LogP contribution is 2.41. The molecule has 0 unspecified atom stereocenters. The summed E-state index contributed by atoms with van der Waals surface area (Å²) in [4.78, 5) is 27.7. The summed E-state index contributed by atoms with van der Waals surface area (Å²) in [6, 6.07) is 21.7. The van der Waals surface area contributed by atoms with E-state index in [0.717, 1.165) is 5.56 Å². The third-order valence-electron chi connectivity index (χ3n) is 4.86. The van der Waals surface area contributed by atoms with Crippen LogP contribution in [-0.2, 0) is 22.6 Å². The molecule has 0 bridgehead atoms. The molecule has 1 aromatic heterocycles. The number of nitrogens with one attached hydrogen (secondary N) is 1. The molecule has 0 saturated carbocycles. The Labute approximate surface area is 194 Å². The Hall–Kier alpha value is -3.47. The molecule has 8 heteroatoms. The fourth-order valence-corrected chi connectivity index (χ4v) is 4.74. The third kappa shape index (κ3) is 4.72. The molecular weight excluding hydrogens is 446 g/mol. The SMILES string of the molecule is N#C/C(C(=O)NCc1ccco1)=C1\S[C@H](Cc2ccc(Cl)cc2)C(=O)N1c1ccccc1. The first-order valence-corrected chi connectivity index (χ1v) is 11.1. The number of nitriles is 1. The molecule has 160 valence electrons. The first kappa shape index (κ1) is 21.8. The monoisotopic (exact) mass is 463 g/mol. The van der Waals surface area contributed by atoms with Gasteiger partial charge in [0.2, 0.25) is 5.91 Å². The molecule has 0 radical (unpaired) electrons. The van der Waals surface area contributed by atoms with Crippen molar-refractivity contribution in [3.05, 3.63) is 99.9 Å². The number of anilines is 1. The van der Waals surface area contributed by atoms with Crippen LogP contribution >= 0.6 is 23.4 Å². The number of rotatable bonds is 6. The van der Waals surface area contributed by atoms with Crippen LogP contribution in [0.5, 0.6) is 0 Å². The summed E-state index contributed by atoms with van der Waals surface area (Å²) in [5.41, 5.74) is 1.43. The Balaban J connectivity index is 1.66. The first-order valence-electron chi connectivity index (χ1n) is 9.82. The van der Waals surface area contributed by atoms with Crippen LogP contribution in [0.1, 0.15) is 11.3 Å². The zero-order valence-electron chi connectivity index (χ0n) is 16.8. The number of carbonyl (C=O) groups is 2. The lowest BCUT2D eigenvalue weighted by atomic mass is 10.1. The van der Waals surface area contributed by atoms with E-state index in [1.54, 1.807) is 48.5 Å². The number of nitrogens with zero attached hydrogens (tertiary/aromatic N) is 2. The minimum absolute atomic E-state index is 0.114. The van der Waals surface area contributed by atoms with E-state index < -0.39 is 11.2 Å². The van der Waals surface area contributed by atoms with Crippen molar-refractivity contribution in [3.8, 4) is 6.07 Å². The first-order chi connectivity index (χ1) is 15.6. The van der Waals surface area contributed by atoms with Gasteiger partial charge in [0.25, 0.3) is 5.91 Å². The zero-order valence-corrected chi connectivity index (χ0v) is 18.4. The Morgan fingerprint density at radius 3 is 2.53 bits per heavy atom. The van der Waals surface area contributed by atoms with E-state index in [0.29, 0.717) is 27.9 Å². The largest absolute Gasteiger partial charge is 0.467 e. The van der Waals surface area contributed by atoms with Crippen LogP contribution in [0.25, 0.3) is 0 Å². The molecule has 0 spiro atoms. The molecule has 1 N–H and O–H groups in total. The van der Waals surface area contributed by atoms with Crippen LogP contribution in [0, 0.1) is 11.3 Å². The lowest BCUT2D eigenvalue weighted by Crippen LogP contribution is -2.32. The molecule has 4 rings (SSSR count). The quantitative estimate of drug-likeness (QED) is 0.424. The molecule has 1 aliphatic rings. The molecule has 1 aliphatic heterocycles. The van der Waals surface area contributed by atoms with Crippen LogP contribution in [-0.4, -0.2) is 17.1 Å². The molecule has 0 aliphatic carbocycles. The normalized spacial score (nSPS) is 17.2. The van der Waals surface area contributed by atoms with Gasteiger partial charge in [0.05, 0.1) is 18.1 Å². The number of thioether (sulfide) groups is 1. The number of hydrogen-bond acceptors (Lipinski definition) is 5. The van der Waals surface area contributed by atoms with Gasteiger partial charge in [0, 0.05) is 10.7 Å². The van der Waals surface area contributed by atoms with E-state index in [1.165, 1.54) is 22.9 Å². The van der Waals surface area contributed by atoms with Gasteiger partial charge in [0.1, 0.15) is 22.4 Å². The van der Waals surface area contributed by atoms with Crippen molar-refractivity contribution >= 4 is 40.9 Å². The van der Waals surface area contributed by atoms with E-state index >= 15 is 0 Å². The number of amides is 2. The maximum atomic E-state index is 13.4. The molecule has 6 nitrogen and oxygen atoms in total. The molecule has 1 fully saturated rings. The number of carbonyl (C=O) groups excluding carboxylic acids is 2. The second-order valence-corrected chi connectivity index (χ2v) is 8.63. The average Bonchev–Trinajstić information content (AvgIpc) is 3.43. The number of para-hydroxylation sites is 1. The maximum Gasteiger partial charge on any atom is 0.265 e. The molecule has 2 amide bonds. The molecule has 32 heavy (non-hydrogen) atoms. The second-order valence-electron chi connectivity index (χ2n) is 7.00. The summed E-state index contributed by atoms with van der Waals surface area (Å²) in [6.07, 6.45) is 1.95. The van der Waals surface area contributed by atoms with Gasteiger partial charge >= 0.3 is 0 Å². The van der Waals surface area contributed by atoms with Crippen LogP contribution < -0.4 is 10.2 Å². The summed E-state index contributed by atoms with van der Waals surface area (Å²) in [5.74, 6) is -0.179. The van der Waals surface area contributed by atoms with Crippen molar-refractivity contribution < 1.29 is 14.0 Å². The van der Waals surface area contributed by atoms with Gasteiger partial charge in [-0.3, -0.25) is 14.5 Å². The minimum atomic E-state index is -0.563. The number of hydrogen-bond donors (Lipinski definition) is 1. The van der Waals surface area contributed by atoms with Gasteiger partial charge in [0.15, 0.2) is 0 Å². The van der Waals surface area contributed by atoms with E-state index in [2.05, 4.69) is 5.32 Å². The van der Waals surface area contributed by atoms with Crippen LogP contribution in [0.2, 0.25) is 5.02 Å². The van der Waals surface area contributed by atoms with Gasteiger partial charge in [-0.05, 0) is 48.4 Å². The van der Waals surface area contributed by atoms with E-state index in [9.17, 15) is 14.9 Å². The third-order valence-corrected chi connectivity index (χ3v) is 6.37. The van der Waals surface area contributed by atoms with Gasteiger partial charge < -0.3 is 9.73 Å². The summed E-state index contributed by atoms with van der Waals surface area (Å²) in [5, 5.41) is 13.0. The Bertz CT molecular complexity index is 1190. The van der Waals surface area contributed by atoms with Crippen LogP contribution in [0.15, 0.2) is 88.0 Å². The fraction of sp³-hybridized carbons (Fsp3) is 0.125. The Kier molecular flexibility index (Phi) is 6.64. The van der Waals surface area contributed by atoms with E-state index in [1.807, 2.05) is 24.3 Å². The maximum absolute atomic E-state index is 13.4. The fourth-order valence-electron chi connectivity index (χ4n) is 3.30. The van der Waals surface area contributed by atoms with Crippen molar-refractivity contribution in [2.24, 2.45) is 0 Å². The van der Waals surface area contributed by atoms with Crippen molar-refractivity contribution in [1.82, 2.24) is 5.32 Å². The summed E-state index contributed by atoms with van der Waals surface area (Å²) in [6.45, 7) is 0.141. The molecule has 2 aromatic carbocycles. The van der Waals surface area contributed by atoms with Crippen molar-refractivity contribution in [2.45, 2.75) is 18.2 Å². The van der Waals surface area contributed by atoms with Gasteiger partial charge in [-0.15, -0.1) is 0 Å². The molecule has 1 saturated heterocycles. The molecule has 1 atom stereocenters. The summed E-state index contributed by atoms with van der Waals surface area (Å²) in [7, 11) is 0. The van der Waals surface area contributed by atoms with Crippen molar-refractivity contribution in [1.29, 1.82) is 5.26 Å². The highest BCUT2D eigenvalue weighted by molar-refractivity contribution is 8.05. The zero-order chi connectivity index (χ0) is 22.5. The lowest BCUT2D eigenvalue weighted by molar-refractivity contribution is -0.117. The minimum Gasteiger partial charge on any atom is -0.467 e. The van der Waals surface area contributed by atoms with Crippen LogP contribution in [0.3, 0.4) is 0 Å². The smallest absolute Gasteiger partial charge is 0.265 e. The van der Waals surface area contributed by atoms with Gasteiger partial charge in [-0.2, -0.15) is 5.26 Å². The Morgan fingerprint density at radius 1 is 1.12 bits per heavy atom. The number of benzene rings is 2. The van der Waals surface area contributed by atoms with Crippen molar-refractivity contribution in [2.75, 3.05) is 4.90 Å². The number of furan rings is 1. The average molecular weight is 464 g/mol. The standard InChI is InChI=1S/C24H18ClN3O3S/c25-17-10-8-16(9-11-17)13-21-23(30)28(18-5-2-1-3-6-18)24(32-21)20(14-26)22(29)27-15-19-7-4-12-31-19/h1-12,21H,13,15H2,(H,27,29)/b24-20+/t21-/m1/s1. The van der Waals surface area contributed by atoms with E-state index in [-0.39, 0.29) is 18.0 Å².